The molecule has 0 saturated heterocycles. The average molecular weight is 684 g/mol. The Morgan fingerprint density at radius 2 is 1.96 bits per heavy atom. The monoisotopic (exact) mass is 683 g/mol. The van der Waals surface area contributed by atoms with Gasteiger partial charge >= 0.3 is 0 Å². The van der Waals surface area contributed by atoms with Gasteiger partial charge in [-0.1, -0.05) is 42.8 Å². The normalized spacial score (nSPS) is 33.2. The number of ether oxygens (including phenoxy) is 1. The van der Waals surface area contributed by atoms with E-state index in [1.165, 1.54) is 12.4 Å². The van der Waals surface area contributed by atoms with Gasteiger partial charge in [-0.2, -0.15) is 0 Å². The largest absolute Gasteiger partial charge is 0.487 e. The van der Waals surface area contributed by atoms with Crippen molar-refractivity contribution < 1.29 is 27.4 Å². The number of carbonyl (C=O) groups is 1. The van der Waals surface area contributed by atoms with Gasteiger partial charge in [0.2, 0.25) is 10.0 Å². The highest BCUT2D eigenvalue weighted by Crippen LogP contribution is 2.49. The number of halogens is 2. The Labute approximate surface area is 281 Å². The van der Waals surface area contributed by atoms with Gasteiger partial charge in [0.15, 0.2) is 0 Å². The van der Waals surface area contributed by atoms with E-state index in [0.717, 1.165) is 43.2 Å². The summed E-state index contributed by atoms with van der Waals surface area (Å²) in [5.74, 6) is -1.56. The van der Waals surface area contributed by atoms with Gasteiger partial charge in [-0.3, -0.25) is 9.79 Å². The highest BCUT2D eigenvalue weighted by atomic mass is 35.5. The van der Waals surface area contributed by atoms with Gasteiger partial charge < -0.3 is 14.7 Å². The summed E-state index contributed by atoms with van der Waals surface area (Å²) < 4.78 is 50.9. The van der Waals surface area contributed by atoms with Gasteiger partial charge in [0, 0.05) is 42.0 Å². The number of hydrogen-bond acceptors (Lipinski definition) is 7. The van der Waals surface area contributed by atoms with Gasteiger partial charge in [0.25, 0.3) is 5.91 Å². The molecule has 6 rings (SSSR count). The smallest absolute Gasteiger partial charge is 0.264 e. The Morgan fingerprint density at radius 3 is 2.72 bits per heavy atom. The van der Waals surface area contributed by atoms with Crippen LogP contribution >= 0.6 is 11.6 Å². The van der Waals surface area contributed by atoms with E-state index in [0.29, 0.717) is 42.6 Å². The molecule has 8 nitrogen and oxygen atoms in total. The van der Waals surface area contributed by atoms with E-state index in [2.05, 4.69) is 14.6 Å². The number of aliphatic imine (C=N–C) groups is 1. The maximum Gasteiger partial charge on any atom is 0.264 e. The van der Waals surface area contributed by atoms with Crippen LogP contribution in [0.25, 0.3) is 0 Å². The molecule has 3 heterocycles. The Balaban J connectivity index is 1.42. The fourth-order valence-electron chi connectivity index (χ4n) is 7.37. The molecule has 0 spiro atoms. The number of aryl methyl sites for hydroxylation is 1. The van der Waals surface area contributed by atoms with E-state index in [1.54, 1.807) is 50.3 Å². The summed E-state index contributed by atoms with van der Waals surface area (Å²) in [4.78, 5) is 19.6. The SMILES string of the molecule is C[C@@H]1[C@@H](C)C/C=C/[C@](O)(C2C=CN=CC2F)[C@@H]2CC[C@H]2CN2CCCCc3cc(Cl)ccc3COc3ccc(cc32)C(=O)NS1(=O)=O. The van der Waals surface area contributed by atoms with Gasteiger partial charge in [-0.05, 0) is 105 Å². The number of sulfonamides is 1. The number of anilines is 1. The molecule has 1 amide bonds. The summed E-state index contributed by atoms with van der Waals surface area (Å²) >= 11 is 6.33. The Kier molecular flexibility index (Phi) is 9.84. The number of carbonyl (C=O) groups excluding carboxylic acids is 1. The number of aliphatic hydroxyl groups is 1. The van der Waals surface area contributed by atoms with Crippen LogP contribution in [0, 0.1) is 23.7 Å². The first-order chi connectivity index (χ1) is 22.5. The molecule has 252 valence electrons. The molecule has 47 heavy (non-hydrogen) atoms. The lowest BCUT2D eigenvalue weighted by atomic mass is 9.59. The second kappa shape index (κ2) is 13.7. The van der Waals surface area contributed by atoms with Gasteiger partial charge in [-0.25, -0.2) is 17.5 Å². The van der Waals surface area contributed by atoms with E-state index in [4.69, 9.17) is 16.3 Å². The molecule has 0 aromatic heterocycles. The maximum absolute atomic E-state index is 15.4. The van der Waals surface area contributed by atoms with Crippen LogP contribution in [0.3, 0.4) is 0 Å². The highest BCUT2D eigenvalue weighted by Gasteiger charge is 2.51. The van der Waals surface area contributed by atoms with E-state index in [1.807, 2.05) is 18.2 Å². The molecule has 1 fully saturated rings. The topological polar surface area (TPSA) is 108 Å². The van der Waals surface area contributed by atoms with Crippen molar-refractivity contribution in [2.75, 3.05) is 18.0 Å². The number of rotatable bonds is 1. The number of fused-ring (bicyclic) bond motifs is 3. The zero-order valence-electron chi connectivity index (χ0n) is 26.8. The van der Waals surface area contributed by atoms with Crippen molar-refractivity contribution in [1.82, 2.24) is 4.72 Å². The first kappa shape index (κ1) is 33.7. The van der Waals surface area contributed by atoms with E-state index in [-0.39, 0.29) is 23.3 Å². The fourth-order valence-corrected chi connectivity index (χ4v) is 8.85. The minimum atomic E-state index is -4.04. The van der Waals surface area contributed by atoms with E-state index < -0.39 is 38.9 Å². The summed E-state index contributed by atoms with van der Waals surface area (Å²) in [6.45, 7) is 4.85. The summed E-state index contributed by atoms with van der Waals surface area (Å²) in [6, 6.07) is 10.8. The molecule has 2 aromatic rings. The second-order valence-electron chi connectivity index (χ2n) is 13.5. The number of nitrogens with one attached hydrogen (secondary N) is 1. The van der Waals surface area contributed by atoms with Crippen LogP contribution in [0.1, 0.15) is 67.4 Å². The van der Waals surface area contributed by atoms with Crippen LogP contribution in [0.5, 0.6) is 5.75 Å². The minimum absolute atomic E-state index is 0.0280. The van der Waals surface area contributed by atoms with Gasteiger partial charge in [0.05, 0.1) is 16.5 Å². The number of hydrogen-bond donors (Lipinski definition) is 2. The average Bonchev–Trinajstić information content (AvgIpc) is 3.05. The number of alkyl halides is 1. The number of allylic oxidation sites excluding steroid dienone is 1. The standard InChI is InChI=1S/C36H43ClFN3O5S/c1-23-6-5-15-36(43,31-14-16-39-20-32(31)38)30-12-9-27(30)21-41-17-4-3-7-25-18-29(37)11-8-28(25)22-46-34-13-10-26(19-33(34)41)35(42)40-47(44,45)24(23)2/h5,8,10-11,13-16,18-20,23-24,27,30-32,43H,3-4,6-7,9,12,17,21-22H2,1-2H3,(H,40,42)/b15-5+/t23-,24+,27-,30+,31?,32?,36+/m0/s1. The highest BCUT2D eigenvalue weighted by molar-refractivity contribution is 7.90. The van der Waals surface area contributed by atoms with Crippen molar-refractivity contribution in [3.05, 3.63) is 82.5 Å². The quantitative estimate of drug-likeness (QED) is 0.336. The molecule has 11 heteroatoms. The second-order valence-corrected chi connectivity index (χ2v) is 16.0. The summed E-state index contributed by atoms with van der Waals surface area (Å²) in [6.07, 6.45) is 10.9. The molecule has 1 saturated carbocycles. The molecule has 1 aliphatic carbocycles. The first-order valence-corrected chi connectivity index (χ1v) is 18.5. The molecule has 7 atom stereocenters. The number of benzene rings is 2. The van der Waals surface area contributed by atoms with Crippen molar-refractivity contribution in [2.24, 2.45) is 28.7 Å². The Hall–Kier alpha value is -3.21. The summed E-state index contributed by atoms with van der Waals surface area (Å²) in [5.41, 5.74) is 1.54. The Bertz CT molecular complexity index is 1700. The third-order valence-electron chi connectivity index (χ3n) is 10.6. The molecule has 2 bridgehead atoms. The molecule has 4 aliphatic rings. The predicted molar refractivity (Wildman–Crippen MR) is 183 cm³/mol. The summed E-state index contributed by atoms with van der Waals surface area (Å²) in [7, 11) is -4.04. The van der Waals surface area contributed by atoms with Crippen molar-refractivity contribution >= 4 is 39.4 Å². The van der Waals surface area contributed by atoms with Gasteiger partial charge in [-0.15, -0.1) is 0 Å². The molecule has 0 radical (unpaired) electrons. The lowest BCUT2D eigenvalue weighted by Gasteiger charge is -2.51. The van der Waals surface area contributed by atoms with Crippen molar-refractivity contribution in [1.29, 1.82) is 0 Å². The van der Waals surface area contributed by atoms with Gasteiger partial charge in [0.1, 0.15) is 18.5 Å². The predicted octanol–water partition coefficient (Wildman–Crippen LogP) is 6.42. The minimum Gasteiger partial charge on any atom is -0.487 e. The zero-order chi connectivity index (χ0) is 33.3. The molecule has 2 aromatic carbocycles. The molecule has 3 aliphatic heterocycles. The first-order valence-electron chi connectivity index (χ1n) is 16.6. The fraction of sp³-hybridized carbons (Fsp3) is 0.500. The van der Waals surface area contributed by atoms with Crippen molar-refractivity contribution in [2.45, 2.75) is 76.0 Å². The number of nitrogens with zero attached hydrogens (tertiary/aromatic N) is 2. The van der Waals surface area contributed by atoms with Crippen molar-refractivity contribution in [3.63, 3.8) is 0 Å². The lowest BCUT2D eigenvalue weighted by molar-refractivity contribution is -0.0825. The maximum atomic E-state index is 15.4. The van der Waals surface area contributed by atoms with Crippen LogP contribution in [-0.2, 0) is 23.1 Å². The van der Waals surface area contributed by atoms with E-state index in [9.17, 15) is 18.3 Å². The third-order valence-corrected chi connectivity index (χ3v) is 12.8. The van der Waals surface area contributed by atoms with Crippen LogP contribution < -0.4 is 14.4 Å². The number of amides is 1. The van der Waals surface area contributed by atoms with Crippen LogP contribution in [0.2, 0.25) is 5.02 Å². The van der Waals surface area contributed by atoms with E-state index >= 15 is 4.39 Å². The van der Waals surface area contributed by atoms with Crippen LogP contribution in [0.4, 0.5) is 10.1 Å². The molecule has 2 N–H and O–H groups in total. The summed E-state index contributed by atoms with van der Waals surface area (Å²) in [5, 5.41) is 12.2. The van der Waals surface area contributed by atoms with Crippen molar-refractivity contribution in [3.8, 4) is 5.75 Å². The molecule has 2 unspecified atom stereocenters. The molecular weight excluding hydrogens is 641 g/mol. The zero-order valence-corrected chi connectivity index (χ0v) is 28.4. The third kappa shape index (κ3) is 7.01. The van der Waals surface area contributed by atoms with Crippen LogP contribution in [0.15, 0.2) is 65.8 Å². The lowest BCUT2D eigenvalue weighted by Crippen LogP contribution is -2.55. The van der Waals surface area contributed by atoms with Crippen LogP contribution in [-0.4, -0.2) is 55.8 Å². The molecular formula is C36H43ClFN3O5S. The Morgan fingerprint density at radius 1 is 1.13 bits per heavy atom.